The zero-order chi connectivity index (χ0) is 24.6. The number of thioether (sulfide) groups is 1. The monoisotopic (exact) mass is 493 g/mol. The number of carbonyl (C=O) groups is 2. The van der Waals surface area contributed by atoms with E-state index in [0.29, 0.717) is 31.6 Å². The highest BCUT2D eigenvalue weighted by atomic mass is 32.2. The van der Waals surface area contributed by atoms with E-state index < -0.39 is 6.04 Å². The smallest absolute Gasteiger partial charge is 0.242 e. The SMILES string of the molecule is COc1cccc(-c2nnc(SCCCC(=O)NC3CCCCNC3=O)n2-c2ccc(C)cc2)c1. The maximum atomic E-state index is 12.4. The van der Waals surface area contributed by atoms with Gasteiger partial charge in [-0.3, -0.25) is 14.2 Å². The Morgan fingerprint density at radius 3 is 2.83 bits per heavy atom. The van der Waals surface area contributed by atoms with E-state index in [2.05, 4.69) is 52.0 Å². The first-order valence-corrected chi connectivity index (χ1v) is 12.9. The molecule has 0 radical (unpaired) electrons. The van der Waals surface area contributed by atoms with Gasteiger partial charge in [0.05, 0.1) is 7.11 Å². The van der Waals surface area contributed by atoms with E-state index in [-0.39, 0.29) is 11.8 Å². The van der Waals surface area contributed by atoms with Crippen molar-refractivity contribution >= 4 is 23.6 Å². The van der Waals surface area contributed by atoms with Crippen molar-refractivity contribution in [2.24, 2.45) is 0 Å². The van der Waals surface area contributed by atoms with Gasteiger partial charge in [-0.1, -0.05) is 41.6 Å². The predicted molar refractivity (Wildman–Crippen MR) is 137 cm³/mol. The maximum Gasteiger partial charge on any atom is 0.242 e. The average molecular weight is 494 g/mol. The number of nitrogens with zero attached hydrogens (tertiary/aromatic N) is 3. The largest absolute Gasteiger partial charge is 0.497 e. The molecule has 8 nitrogen and oxygen atoms in total. The summed E-state index contributed by atoms with van der Waals surface area (Å²) in [6.07, 6.45) is 3.61. The summed E-state index contributed by atoms with van der Waals surface area (Å²) < 4.78 is 7.43. The van der Waals surface area contributed by atoms with Gasteiger partial charge >= 0.3 is 0 Å². The first-order valence-electron chi connectivity index (χ1n) is 11.9. The fourth-order valence-corrected chi connectivity index (χ4v) is 4.87. The minimum absolute atomic E-state index is 0.0819. The van der Waals surface area contributed by atoms with Crippen LogP contribution in [0.2, 0.25) is 0 Å². The Balaban J connectivity index is 1.43. The summed E-state index contributed by atoms with van der Waals surface area (Å²) in [5.74, 6) is 2.01. The molecule has 1 atom stereocenters. The van der Waals surface area contributed by atoms with Crippen molar-refractivity contribution in [3.05, 3.63) is 54.1 Å². The van der Waals surface area contributed by atoms with E-state index in [0.717, 1.165) is 40.8 Å². The van der Waals surface area contributed by atoms with Crippen LogP contribution in [0, 0.1) is 6.92 Å². The molecule has 184 valence electrons. The van der Waals surface area contributed by atoms with E-state index in [9.17, 15) is 9.59 Å². The van der Waals surface area contributed by atoms with Gasteiger partial charge in [-0.05, 0) is 56.9 Å². The van der Waals surface area contributed by atoms with Crippen molar-refractivity contribution in [2.75, 3.05) is 19.4 Å². The molecule has 1 fully saturated rings. The first kappa shape index (κ1) is 24.8. The van der Waals surface area contributed by atoms with Gasteiger partial charge in [0.25, 0.3) is 0 Å². The summed E-state index contributed by atoms with van der Waals surface area (Å²) in [5.41, 5.74) is 3.05. The molecule has 35 heavy (non-hydrogen) atoms. The molecule has 2 heterocycles. The Morgan fingerprint density at radius 1 is 1.20 bits per heavy atom. The number of aryl methyl sites for hydroxylation is 1. The second kappa shape index (κ2) is 11.9. The van der Waals surface area contributed by atoms with Crippen LogP contribution in [0.15, 0.2) is 53.7 Å². The summed E-state index contributed by atoms with van der Waals surface area (Å²) in [7, 11) is 1.64. The van der Waals surface area contributed by atoms with Gasteiger partial charge in [-0.15, -0.1) is 10.2 Å². The molecule has 1 unspecified atom stereocenters. The van der Waals surface area contributed by atoms with Gasteiger partial charge in [0.2, 0.25) is 11.8 Å². The highest BCUT2D eigenvalue weighted by Crippen LogP contribution is 2.30. The molecule has 1 aromatic heterocycles. The van der Waals surface area contributed by atoms with Gasteiger partial charge in [0, 0.05) is 30.0 Å². The standard InChI is InChI=1S/C26H31N5O3S/c1-18-11-13-20(14-12-18)31-24(19-7-5-8-21(17-19)34-2)29-30-26(31)35-16-6-10-23(32)28-22-9-3-4-15-27-25(22)33/h5,7-8,11-14,17,22H,3-4,6,9-10,15-16H2,1-2H3,(H,27,33)(H,28,32). The van der Waals surface area contributed by atoms with Gasteiger partial charge in [-0.2, -0.15) is 0 Å². The number of carbonyl (C=O) groups excluding carboxylic acids is 2. The van der Waals surface area contributed by atoms with Crippen LogP contribution in [0.4, 0.5) is 0 Å². The van der Waals surface area contributed by atoms with Crippen LogP contribution in [0.25, 0.3) is 17.1 Å². The molecule has 0 bridgehead atoms. The number of benzene rings is 2. The van der Waals surface area contributed by atoms with E-state index in [4.69, 9.17) is 4.74 Å². The lowest BCUT2D eigenvalue weighted by atomic mass is 10.1. The molecule has 0 saturated carbocycles. The Morgan fingerprint density at radius 2 is 2.03 bits per heavy atom. The number of hydrogen-bond donors (Lipinski definition) is 2. The zero-order valence-corrected chi connectivity index (χ0v) is 20.9. The summed E-state index contributed by atoms with van der Waals surface area (Å²) >= 11 is 1.56. The quantitative estimate of drug-likeness (QED) is 0.347. The number of ether oxygens (including phenoxy) is 1. The number of amides is 2. The lowest BCUT2D eigenvalue weighted by Gasteiger charge is -2.15. The minimum atomic E-state index is -0.423. The molecule has 2 N–H and O–H groups in total. The van der Waals surface area contributed by atoms with Crippen LogP contribution >= 0.6 is 11.8 Å². The molecule has 3 aromatic rings. The number of rotatable bonds is 9. The van der Waals surface area contributed by atoms with Crippen molar-refractivity contribution in [3.8, 4) is 22.8 Å². The lowest BCUT2D eigenvalue weighted by Crippen LogP contribution is -2.45. The van der Waals surface area contributed by atoms with Crippen LogP contribution < -0.4 is 15.4 Å². The molecule has 0 aliphatic carbocycles. The molecule has 0 spiro atoms. The highest BCUT2D eigenvalue weighted by molar-refractivity contribution is 7.99. The van der Waals surface area contributed by atoms with Crippen LogP contribution in [-0.2, 0) is 9.59 Å². The molecule has 1 aliphatic heterocycles. The Bertz CT molecular complexity index is 1160. The average Bonchev–Trinajstić information content (AvgIpc) is 3.19. The van der Waals surface area contributed by atoms with Crippen molar-refractivity contribution < 1.29 is 14.3 Å². The zero-order valence-electron chi connectivity index (χ0n) is 20.1. The number of methoxy groups -OCH3 is 1. The Labute approximate surface area is 209 Å². The third-order valence-electron chi connectivity index (χ3n) is 5.90. The van der Waals surface area contributed by atoms with Crippen molar-refractivity contribution in [2.45, 2.75) is 50.2 Å². The van der Waals surface area contributed by atoms with Gasteiger partial charge in [-0.25, -0.2) is 0 Å². The third kappa shape index (κ3) is 6.42. The van der Waals surface area contributed by atoms with Crippen molar-refractivity contribution in [3.63, 3.8) is 0 Å². The normalized spacial score (nSPS) is 15.8. The lowest BCUT2D eigenvalue weighted by molar-refractivity contribution is -0.128. The third-order valence-corrected chi connectivity index (χ3v) is 6.92. The van der Waals surface area contributed by atoms with Crippen LogP contribution in [-0.4, -0.2) is 52.0 Å². The molecule has 2 amide bonds. The number of nitrogens with one attached hydrogen (secondary N) is 2. The molecule has 1 saturated heterocycles. The van der Waals surface area contributed by atoms with Crippen molar-refractivity contribution in [1.82, 2.24) is 25.4 Å². The van der Waals surface area contributed by atoms with Crippen LogP contribution in [0.1, 0.15) is 37.7 Å². The summed E-state index contributed by atoms with van der Waals surface area (Å²) in [6, 6.07) is 15.6. The molecular formula is C26H31N5O3S. The summed E-state index contributed by atoms with van der Waals surface area (Å²) in [4.78, 5) is 24.5. The first-order chi connectivity index (χ1) is 17.0. The fraction of sp³-hybridized carbons (Fsp3) is 0.385. The second-order valence-electron chi connectivity index (χ2n) is 8.57. The van der Waals surface area contributed by atoms with Crippen molar-refractivity contribution in [1.29, 1.82) is 0 Å². The van der Waals surface area contributed by atoms with E-state index in [1.165, 1.54) is 5.56 Å². The molecule has 9 heteroatoms. The number of aromatic nitrogens is 3. The van der Waals surface area contributed by atoms with Crippen LogP contribution in [0.5, 0.6) is 5.75 Å². The fourth-order valence-electron chi connectivity index (χ4n) is 3.98. The van der Waals surface area contributed by atoms with E-state index in [1.54, 1.807) is 18.9 Å². The van der Waals surface area contributed by atoms with Gasteiger partial charge in [0.15, 0.2) is 11.0 Å². The van der Waals surface area contributed by atoms with E-state index in [1.807, 2.05) is 28.8 Å². The Hall–Kier alpha value is -3.33. The minimum Gasteiger partial charge on any atom is -0.497 e. The maximum absolute atomic E-state index is 12.4. The van der Waals surface area contributed by atoms with E-state index >= 15 is 0 Å². The van der Waals surface area contributed by atoms with Gasteiger partial charge < -0.3 is 15.4 Å². The molecule has 2 aromatic carbocycles. The second-order valence-corrected chi connectivity index (χ2v) is 9.63. The molecule has 1 aliphatic rings. The van der Waals surface area contributed by atoms with Gasteiger partial charge in [0.1, 0.15) is 11.8 Å². The topological polar surface area (TPSA) is 98.1 Å². The summed E-state index contributed by atoms with van der Waals surface area (Å²) in [6.45, 7) is 2.74. The number of hydrogen-bond acceptors (Lipinski definition) is 6. The molecular weight excluding hydrogens is 462 g/mol. The summed E-state index contributed by atoms with van der Waals surface area (Å²) in [5, 5.41) is 15.4. The Kier molecular flexibility index (Phi) is 8.41. The highest BCUT2D eigenvalue weighted by Gasteiger charge is 2.22. The molecule has 4 rings (SSSR count). The predicted octanol–water partition coefficient (Wildman–Crippen LogP) is 3.91. The van der Waals surface area contributed by atoms with Crippen LogP contribution in [0.3, 0.4) is 0 Å².